The van der Waals surface area contributed by atoms with Crippen LogP contribution < -0.4 is 10.3 Å². The molecular formula is C14H13N3O3. The first kappa shape index (κ1) is 12.4. The fourth-order valence-electron chi connectivity index (χ4n) is 2.30. The monoisotopic (exact) mass is 271 g/mol. The maximum absolute atomic E-state index is 11.3. The van der Waals surface area contributed by atoms with E-state index < -0.39 is 0 Å². The zero-order chi connectivity index (χ0) is 14.3. The second kappa shape index (κ2) is 4.48. The van der Waals surface area contributed by atoms with Crippen LogP contribution in [0.15, 0.2) is 27.6 Å². The summed E-state index contributed by atoms with van der Waals surface area (Å²) in [5.41, 5.74) is 3.58. The predicted molar refractivity (Wildman–Crippen MR) is 73.9 cm³/mol. The Hall–Kier alpha value is -2.63. The van der Waals surface area contributed by atoms with E-state index in [9.17, 15) is 4.79 Å². The topological polar surface area (TPSA) is 81.0 Å². The molecule has 3 aromatic rings. The first-order valence-electron chi connectivity index (χ1n) is 6.10. The molecule has 102 valence electrons. The average Bonchev–Trinajstić information content (AvgIpc) is 2.76. The summed E-state index contributed by atoms with van der Waals surface area (Å²) in [5, 5.41) is 3.95. The maximum atomic E-state index is 11.3. The first-order valence-corrected chi connectivity index (χ1v) is 6.10. The van der Waals surface area contributed by atoms with Crippen molar-refractivity contribution in [3.63, 3.8) is 0 Å². The van der Waals surface area contributed by atoms with Crippen LogP contribution in [-0.4, -0.2) is 22.2 Å². The van der Waals surface area contributed by atoms with Gasteiger partial charge in [0.15, 0.2) is 0 Å². The number of hydrogen-bond donors (Lipinski definition) is 1. The van der Waals surface area contributed by atoms with Crippen LogP contribution in [0.4, 0.5) is 0 Å². The van der Waals surface area contributed by atoms with E-state index >= 15 is 0 Å². The van der Waals surface area contributed by atoms with Gasteiger partial charge in [0.25, 0.3) is 5.56 Å². The van der Waals surface area contributed by atoms with Crippen LogP contribution >= 0.6 is 0 Å². The van der Waals surface area contributed by atoms with Gasteiger partial charge >= 0.3 is 0 Å². The Balaban J connectivity index is 2.35. The third-order valence-corrected chi connectivity index (χ3v) is 3.20. The molecule has 20 heavy (non-hydrogen) atoms. The highest BCUT2D eigenvalue weighted by molar-refractivity contribution is 5.86. The number of H-pyrrole nitrogens is 1. The van der Waals surface area contributed by atoms with Crippen molar-refractivity contribution in [2.24, 2.45) is 0 Å². The van der Waals surface area contributed by atoms with Crippen molar-refractivity contribution >= 4 is 11.0 Å². The molecule has 3 rings (SSSR count). The summed E-state index contributed by atoms with van der Waals surface area (Å²) in [5.74, 6) is 1.35. The second-order valence-electron chi connectivity index (χ2n) is 4.52. The minimum Gasteiger partial charge on any atom is -0.496 e. The van der Waals surface area contributed by atoms with Crippen LogP contribution in [0.2, 0.25) is 0 Å². The van der Waals surface area contributed by atoms with E-state index in [0.717, 1.165) is 16.8 Å². The number of aryl methyl sites for hydroxylation is 2. The van der Waals surface area contributed by atoms with Crippen molar-refractivity contribution in [3.8, 4) is 16.9 Å². The number of ether oxygens (including phenoxy) is 1. The number of aromatic amines is 1. The van der Waals surface area contributed by atoms with Crippen LogP contribution in [0.25, 0.3) is 22.2 Å². The molecule has 0 spiro atoms. The molecule has 1 aromatic carbocycles. The largest absolute Gasteiger partial charge is 0.496 e. The van der Waals surface area contributed by atoms with Crippen molar-refractivity contribution in [3.05, 3.63) is 40.1 Å². The summed E-state index contributed by atoms with van der Waals surface area (Å²) in [7, 11) is 1.58. The molecule has 0 saturated heterocycles. The Morgan fingerprint density at radius 3 is 2.75 bits per heavy atom. The van der Waals surface area contributed by atoms with E-state index in [0.29, 0.717) is 22.5 Å². The Labute approximate surface area is 114 Å². The molecule has 0 radical (unpaired) electrons. The van der Waals surface area contributed by atoms with E-state index in [1.54, 1.807) is 13.2 Å². The molecule has 0 saturated carbocycles. The molecule has 0 aliphatic rings. The second-order valence-corrected chi connectivity index (χ2v) is 4.52. The van der Waals surface area contributed by atoms with Crippen molar-refractivity contribution in [2.75, 3.05) is 7.11 Å². The smallest absolute Gasteiger partial charge is 0.266 e. The van der Waals surface area contributed by atoms with Gasteiger partial charge < -0.3 is 14.2 Å². The number of rotatable bonds is 2. The molecule has 0 fully saturated rings. The number of nitrogens with one attached hydrogen (secondary N) is 1. The minimum absolute atomic E-state index is 0.246. The Morgan fingerprint density at radius 2 is 2.10 bits per heavy atom. The summed E-state index contributed by atoms with van der Waals surface area (Å²) >= 11 is 0. The number of nitrogens with zero attached hydrogens (tertiary/aromatic N) is 2. The highest BCUT2D eigenvalue weighted by Gasteiger charge is 2.17. The summed E-state index contributed by atoms with van der Waals surface area (Å²) in [6, 6.07) is 3.61. The SMILES string of the molecule is COc1cc2[nH]c(=O)cnc2cc1-c1c(C)noc1C. The first-order chi connectivity index (χ1) is 9.60. The van der Waals surface area contributed by atoms with Gasteiger partial charge in [0.1, 0.15) is 11.5 Å². The molecule has 0 aliphatic carbocycles. The van der Waals surface area contributed by atoms with Gasteiger partial charge in [0.05, 0.1) is 35.6 Å². The van der Waals surface area contributed by atoms with E-state index in [4.69, 9.17) is 9.26 Å². The van der Waals surface area contributed by atoms with Crippen LogP contribution in [0.1, 0.15) is 11.5 Å². The lowest BCUT2D eigenvalue weighted by atomic mass is 10.0. The molecule has 6 heteroatoms. The van der Waals surface area contributed by atoms with Crippen LogP contribution in [0, 0.1) is 13.8 Å². The van der Waals surface area contributed by atoms with E-state index in [1.807, 2.05) is 19.9 Å². The molecule has 1 N–H and O–H groups in total. The zero-order valence-electron chi connectivity index (χ0n) is 11.4. The maximum Gasteiger partial charge on any atom is 0.266 e. The van der Waals surface area contributed by atoms with Gasteiger partial charge in [0.2, 0.25) is 0 Å². The van der Waals surface area contributed by atoms with Gasteiger partial charge in [0, 0.05) is 11.6 Å². The zero-order valence-corrected chi connectivity index (χ0v) is 11.4. The molecule has 2 heterocycles. The lowest BCUT2D eigenvalue weighted by Crippen LogP contribution is -2.05. The summed E-state index contributed by atoms with van der Waals surface area (Å²) in [6.07, 6.45) is 1.26. The third kappa shape index (κ3) is 1.85. The van der Waals surface area contributed by atoms with E-state index in [-0.39, 0.29) is 5.56 Å². The van der Waals surface area contributed by atoms with Crippen LogP contribution in [0.3, 0.4) is 0 Å². The van der Waals surface area contributed by atoms with Gasteiger partial charge in [-0.15, -0.1) is 0 Å². The fraction of sp³-hybridized carbons (Fsp3) is 0.214. The molecule has 0 bridgehead atoms. The summed E-state index contributed by atoms with van der Waals surface area (Å²) in [6.45, 7) is 3.72. The Morgan fingerprint density at radius 1 is 1.30 bits per heavy atom. The molecule has 6 nitrogen and oxygen atoms in total. The van der Waals surface area contributed by atoms with Gasteiger partial charge in [-0.1, -0.05) is 5.16 Å². The third-order valence-electron chi connectivity index (χ3n) is 3.20. The molecule has 0 amide bonds. The molecule has 0 aliphatic heterocycles. The van der Waals surface area contributed by atoms with Crippen molar-refractivity contribution < 1.29 is 9.26 Å². The van der Waals surface area contributed by atoms with Crippen LogP contribution in [-0.2, 0) is 0 Å². The van der Waals surface area contributed by atoms with Gasteiger partial charge in [-0.3, -0.25) is 4.79 Å². The summed E-state index contributed by atoms with van der Waals surface area (Å²) in [4.78, 5) is 18.2. The standard InChI is InChI=1S/C14H13N3O3/c1-7-14(8(2)20-17-7)9-4-10-11(5-12(9)19-3)16-13(18)6-15-10/h4-6H,1-3H3,(H,16,18). The normalized spacial score (nSPS) is 10.9. The average molecular weight is 271 g/mol. The minimum atomic E-state index is -0.246. The van der Waals surface area contributed by atoms with Crippen LogP contribution in [0.5, 0.6) is 5.75 Å². The number of methoxy groups -OCH3 is 1. The lowest BCUT2D eigenvalue weighted by molar-refractivity contribution is 0.393. The molecule has 0 unspecified atom stereocenters. The van der Waals surface area contributed by atoms with Crippen molar-refractivity contribution in [1.82, 2.24) is 15.1 Å². The number of aromatic nitrogens is 3. The predicted octanol–water partition coefficient (Wildman–Crippen LogP) is 2.20. The Bertz CT molecular complexity index is 829. The van der Waals surface area contributed by atoms with E-state index in [2.05, 4.69) is 15.1 Å². The lowest BCUT2D eigenvalue weighted by Gasteiger charge is -2.09. The molecular weight excluding hydrogens is 258 g/mol. The Kier molecular flexibility index (Phi) is 2.78. The van der Waals surface area contributed by atoms with E-state index in [1.165, 1.54) is 6.20 Å². The van der Waals surface area contributed by atoms with Gasteiger partial charge in [-0.25, -0.2) is 4.98 Å². The highest BCUT2D eigenvalue weighted by Crippen LogP contribution is 2.36. The summed E-state index contributed by atoms with van der Waals surface area (Å²) < 4.78 is 10.6. The van der Waals surface area contributed by atoms with Gasteiger partial charge in [-0.05, 0) is 19.9 Å². The highest BCUT2D eigenvalue weighted by atomic mass is 16.5. The number of fused-ring (bicyclic) bond motifs is 1. The number of benzene rings is 1. The number of hydrogen-bond acceptors (Lipinski definition) is 5. The molecule has 0 atom stereocenters. The van der Waals surface area contributed by atoms with Crippen molar-refractivity contribution in [1.29, 1.82) is 0 Å². The molecule has 2 aromatic heterocycles. The van der Waals surface area contributed by atoms with Gasteiger partial charge in [-0.2, -0.15) is 0 Å². The quantitative estimate of drug-likeness (QED) is 0.772. The van der Waals surface area contributed by atoms with Crippen molar-refractivity contribution in [2.45, 2.75) is 13.8 Å². The fourth-order valence-corrected chi connectivity index (χ4v) is 2.30.